The quantitative estimate of drug-likeness (QED) is 0.378. The van der Waals surface area contributed by atoms with Gasteiger partial charge in [0.15, 0.2) is 5.82 Å². The fourth-order valence-corrected chi connectivity index (χ4v) is 6.95. The molecule has 3 saturated heterocycles. The highest BCUT2D eigenvalue weighted by Gasteiger charge is 2.56. The summed E-state index contributed by atoms with van der Waals surface area (Å²) in [7, 11) is 0. The summed E-state index contributed by atoms with van der Waals surface area (Å²) in [5, 5.41) is 9.05. The van der Waals surface area contributed by atoms with Crippen molar-refractivity contribution in [1.82, 2.24) is 19.9 Å². The molecule has 4 fully saturated rings. The number of rotatable bonds is 5. The summed E-state index contributed by atoms with van der Waals surface area (Å²) < 4.78 is 117. The van der Waals surface area contributed by atoms with Crippen molar-refractivity contribution in [2.75, 3.05) is 44.3 Å². The van der Waals surface area contributed by atoms with Crippen LogP contribution in [-0.4, -0.2) is 88.3 Å². The van der Waals surface area contributed by atoms with Gasteiger partial charge in [-0.2, -0.15) is 23.1 Å². The van der Waals surface area contributed by atoms with Crippen LogP contribution in [0, 0.1) is 11.7 Å². The van der Waals surface area contributed by atoms with Crippen molar-refractivity contribution in [3.63, 3.8) is 0 Å². The summed E-state index contributed by atoms with van der Waals surface area (Å²) >= 11 is 5.83. The first-order valence-corrected chi connectivity index (χ1v) is 14.1. The maximum Gasteiger partial charge on any atom is 0.418 e. The lowest BCUT2D eigenvalue weighted by molar-refractivity contribution is -0.137. The number of fused-ring (bicyclic) bond motifs is 3. The molecule has 0 radical (unpaired) electrons. The third kappa shape index (κ3) is 4.81. The van der Waals surface area contributed by atoms with Crippen LogP contribution >= 0.6 is 11.6 Å². The molecule has 0 unspecified atom stereocenters. The summed E-state index contributed by atoms with van der Waals surface area (Å²) in [4.78, 5) is 15.6. The summed E-state index contributed by atoms with van der Waals surface area (Å²) in [6.07, 6.45) is -5.93. The second kappa shape index (κ2) is 10.2. The zero-order valence-corrected chi connectivity index (χ0v) is 23.1. The number of benzene rings is 1. The SMILES string of the molecule is [2H]C([2H])(Oc1nc(N2CCOC[C@H]3[C@H](F)[C@H]32)c2cnc(-c3cc(O)cc(Cl)c3C(F)(F)F)c(F)c2n1)[C@@]12CCCN1C[C@H](F)C2. The van der Waals surface area contributed by atoms with E-state index in [-0.39, 0.29) is 50.3 Å². The highest BCUT2D eigenvalue weighted by Crippen LogP contribution is 2.47. The molecule has 43 heavy (non-hydrogen) atoms. The molecule has 0 bridgehead atoms. The molecule has 5 atom stereocenters. The lowest BCUT2D eigenvalue weighted by Gasteiger charge is -2.31. The molecular formula is C28H26ClF6N5O3. The third-order valence-corrected chi connectivity index (χ3v) is 8.94. The van der Waals surface area contributed by atoms with Gasteiger partial charge in [-0.25, -0.2) is 13.2 Å². The van der Waals surface area contributed by atoms with Crippen molar-refractivity contribution in [3.05, 3.63) is 34.7 Å². The lowest BCUT2D eigenvalue weighted by atomic mass is 9.95. The number of aromatic nitrogens is 3. The zero-order chi connectivity index (χ0) is 32.1. The minimum absolute atomic E-state index is 0.0130. The first-order chi connectivity index (χ1) is 21.2. The summed E-state index contributed by atoms with van der Waals surface area (Å²) in [6.45, 7) is -1.72. The predicted molar refractivity (Wildman–Crippen MR) is 143 cm³/mol. The Morgan fingerprint density at radius 2 is 2.05 bits per heavy atom. The van der Waals surface area contributed by atoms with Crippen molar-refractivity contribution < 1.29 is 43.7 Å². The molecule has 4 aliphatic rings. The number of anilines is 1. The number of phenols is 1. The van der Waals surface area contributed by atoms with Gasteiger partial charge in [-0.15, -0.1) is 0 Å². The fourth-order valence-electron chi connectivity index (χ4n) is 6.63. The molecule has 7 rings (SSSR count). The van der Waals surface area contributed by atoms with E-state index < -0.39 is 87.5 Å². The fraction of sp³-hybridized carbons (Fsp3) is 0.536. The highest BCUT2D eigenvalue weighted by molar-refractivity contribution is 6.32. The largest absolute Gasteiger partial charge is 0.508 e. The minimum atomic E-state index is -5.06. The van der Waals surface area contributed by atoms with Crippen molar-refractivity contribution in [1.29, 1.82) is 0 Å². The van der Waals surface area contributed by atoms with Crippen LogP contribution in [0.15, 0.2) is 18.3 Å². The molecule has 230 valence electrons. The van der Waals surface area contributed by atoms with E-state index in [4.69, 9.17) is 23.8 Å². The van der Waals surface area contributed by atoms with Gasteiger partial charge in [0.2, 0.25) is 0 Å². The Morgan fingerprint density at radius 1 is 1.23 bits per heavy atom. The number of nitrogens with zero attached hydrogens (tertiary/aromatic N) is 5. The van der Waals surface area contributed by atoms with E-state index in [9.17, 15) is 27.1 Å². The molecule has 1 aromatic carbocycles. The first kappa shape index (κ1) is 26.3. The monoisotopic (exact) mass is 631 g/mol. The van der Waals surface area contributed by atoms with E-state index in [2.05, 4.69) is 15.0 Å². The Bertz CT molecular complexity index is 1690. The van der Waals surface area contributed by atoms with Gasteiger partial charge in [-0.3, -0.25) is 9.88 Å². The van der Waals surface area contributed by atoms with Gasteiger partial charge in [0, 0.05) is 37.2 Å². The molecule has 3 aromatic rings. The molecule has 1 N–H and O–H groups in total. The molecule has 5 heterocycles. The lowest BCUT2D eigenvalue weighted by Crippen LogP contribution is -2.43. The molecule has 2 aromatic heterocycles. The van der Waals surface area contributed by atoms with Crippen LogP contribution in [0.25, 0.3) is 22.2 Å². The molecule has 0 amide bonds. The van der Waals surface area contributed by atoms with E-state index in [0.717, 1.165) is 6.20 Å². The number of hydrogen-bond acceptors (Lipinski definition) is 8. The predicted octanol–water partition coefficient (Wildman–Crippen LogP) is 5.34. The summed E-state index contributed by atoms with van der Waals surface area (Å²) in [6, 6.07) is -0.0609. The third-order valence-electron chi connectivity index (χ3n) is 8.64. The average molecular weight is 632 g/mol. The molecule has 15 heteroatoms. The topological polar surface area (TPSA) is 83.8 Å². The van der Waals surface area contributed by atoms with Crippen molar-refractivity contribution in [2.45, 2.75) is 49.4 Å². The Kier molecular flexibility index (Phi) is 6.26. The van der Waals surface area contributed by atoms with Crippen LogP contribution in [0.5, 0.6) is 11.8 Å². The average Bonchev–Trinajstić information content (AvgIpc) is 3.30. The van der Waals surface area contributed by atoms with Gasteiger partial charge in [0.25, 0.3) is 0 Å². The normalized spacial score (nSPS) is 30.1. The molecular weight excluding hydrogens is 604 g/mol. The van der Waals surface area contributed by atoms with Gasteiger partial charge in [-0.05, 0) is 31.5 Å². The number of halogens is 7. The van der Waals surface area contributed by atoms with E-state index in [1.807, 2.05) is 0 Å². The molecule has 8 nitrogen and oxygen atoms in total. The van der Waals surface area contributed by atoms with Crippen molar-refractivity contribution in [3.8, 4) is 23.0 Å². The molecule has 1 aliphatic carbocycles. The van der Waals surface area contributed by atoms with Gasteiger partial charge in [0.1, 0.15) is 41.7 Å². The van der Waals surface area contributed by atoms with Crippen LogP contribution in [0.4, 0.5) is 32.2 Å². The number of alkyl halides is 5. The number of ether oxygens (including phenoxy) is 2. The van der Waals surface area contributed by atoms with Crippen molar-refractivity contribution in [2.24, 2.45) is 5.92 Å². The summed E-state index contributed by atoms with van der Waals surface area (Å²) in [5.74, 6) is -2.63. The maximum atomic E-state index is 16.4. The molecule has 0 spiro atoms. The molecule has 1 saturated carbocycles. The van der Waals surface area contributed by atoms with Crippen LogP contribution in [0.1, 0.15) is 27.6 Å². The Balaban J connectivity index is 1.41. The summed E-state index contributed by atoms with van der Waals surface area (Å²) in [5.41, 5.74) is -5.09. The van der Waals surface area contributed by atoms with Crippen LogP contribution in [0.3, 0.4) is 0 Å². The zero-order valence-electron chi connectivity index (χ0n) is 24.3. The van der Waals surface area contributed by atoms with Crippen LogP contribution in [0.2, 0.25) is 5.02 Å². The van der Waals surface area contributed by atoms with E-state index in [0.29, 0.717) is 25.1 Å². The number of hydrogen-bond donors (Lipinski definition) is 1. The highest BCUT2D eigenvalue weighted by atomic mass is 35.5. The van der Waals surface area contributed by atoms with E-state index >= 15 is 4.39 Å². The standard InChI is InChI=1S/C28H26ClF6N5O3/c29-18-7-14(41)6-15(19(18)28(33,34)35)22-21(32)23-16(9-36-22)25(40-4-5-42-11-17-20(31)24(17)40)38-26(37-23)43-12-27-2-1-3-39(27)10-13(30)8-27/h6-7,9,13,17,20,24,41H,1-5,8,10-12H2/t13-,17+,20+,24+,27+/m1/s1/i12D2. The Hall–Kier alpha value is -3.10. The second-order valence-corrected chi connectivity index (χ2v) is 11.7. The van der Waals surface area contributed by atoms with Crippen LogP contribution in [-0.2, 0) is 10.9 Å². The van der Waals surface area contributed by atoms with Gasteiger partial charge >= 0.3 is 12.2 Å². The first-order valence-electron chi connectivity index (χ1n) is 14.7. The number of aromatic hydroxyl groups is 1. The van der Waals surface area contributed by atoms with E-state index in [1.54, 1.807) is 4.90 Å². The number of pyridine rings is 1. The molecule has 3 aliphatic heterocycles. The van der Waals surface area contributed by atoms with Gasteiger partial charge in [-0.1, -0.05) is 11.6 Å². The Labute approximate surface area is 249 Å². The van der Waals surface area contributed by atoms with Gasteiger partial charge < -0.3 is 19.5 Å². The van der Waals surface area contributed by atoms with Crippen molar-refractivity contribution >= 4 is 28.3 Å². The van der Waals surface area contributed by atoms with E-state index in [1.165, 1.54) is 4.90 Å². The number of phenolic OH excluding ortho intramolecular Hbond substituents is 1. The maximum absolute atomic E-state index is 16.4. The minimum Gasteiger partial charge on any atom is -0.508 e. The van der Waals surface area contributed by atoms with Crippen LogP contribution < -0.4 is 9.64 Å². The second-order valence-electron chi connectivity index (χ2n) is 11.3. The smallest absolute Gasteiger partial charge is 0.418 e. The Morgan fingerprint density at radius 3 is 2.84 bits per heavy atom. The van der Waals surface area contributed by atoms with Gasteiger partial charge in [0.05, 0.1) is 43.5 Å².